The van der Waals surface area contributed by atoms with Crippen LogP contribution < -0.4 is 5.11 Å². The van der Waals surface area contributed by atoms with Crippen molar-refractivity contribution in [2.24, 2.45) is 0 Å². The van der Waals surface area contributed by atoms with Gasteiger partial charge in [0.2, 0.25) is 0 Å². The van der Waals surface area contributed by atoms with Crippen LogP contribution in [-0.4, -0.2) is 11.0 Å². The van der Waals surface area contributed by atoms with Crippen molar-refractivity contribution in [3.05, 3.63) is 50.0 Å². The fourth-order valence-electron chi connectivity index (χ4n) is 1.65. The van der Waals surface area contributed by atoms with Crippen LogP contribution >= 0.6 is 39.0 Å². The average molecular weight is 381 g/mol. The first-order chi connectivity index (χ1) is 10.1. The number of rotatable bonds is 4. The zero-order chi connectivity index (χ0) is 14.8. The van der Waals surface area contributed by atoms with Gasteiger partial charge in [0.25, 0.3) is 5.22 Å². The molecule has 3 aromatic rings. The van der Waals surface area contributed by atoms with Gasteiger partial charge in [-0.15, -0.1) is 11.3 Å². The van der Waals surface area contributed by atoms with E-state index in [-0.39, 0.29) is 10.1 Å². The van der Waals surface area contributed by atoms with Crippen molar-refractivity contribution in [1.29, 1.82) is 0 Å². The molecule has 21 heavy (non-hydrogen) atoms. The maximum Gasteiger partial charge on any atom is 0.261 e. The minimum Gasteiger partial charge on any atom is -0.544 e. The van der Waals surface area contributed by atoms with Gasteiger partial charge in [0.1, 0.15) is 5.52 Å². The molecular formula is C14H7BrNO3S2-. The van der Waals surface area contributed by atoms with E-state index < -0.39 is 5.97 Å². The van der Waals surface area contributed by atoms with Crippen LogP contribution in [0, 0.1) is 0 Å². The van der Waals surface area contributed by atoms with Crippen LogP contribution in [0.15, 0.2) is 54.7 Å². The van der Waals surface area contributed by atoms with E-state index in [1.807, 2.05) is 30.3 Å². The van der Waals surface area contributed by atoms with E-state index in [0.29, 0.717) is 11.1 Å². The van der Waals surface area contributed by atoms with Crippen LogP contribution in [0.4, 0.5) is 0 Å². The third kappa shape index (κ3) is 3.37. The maximum atomic E-state index is 11.3. The largest absolute Gasteiger partial charge is 0.544 e. The highest BCUT2D eigenvalue weighted by Gasteiger charge is 2.10. The first kappa shape index (κ1) is 14.4. The number of benzene rings is 1. The lowest BCUT2D eigenvalue weighted by molar-refractivity contribution is -0.298. The molecule has 0 bridgehead atoms. The molecule has 0 aliphatic carbocycles. The number of carbonyl (C=O) groups is 1. The van der Waals surface area contributed by atoms with Crippen LogP contribution in [0.2, 0.25) is 0 Å². The molecule has 0 spiro atoms. The van der Waals surface area contributed by atoms with Gasteiger partial charge >= 0.3 is 0 Å². The lowest BCUT2D eigenvalue weighted by Crippen LogP contribution is -2.22. The first-order valence-electron chi connectivity index (χ1n) is 5.83. The van der Waals surface area contributed by atoms with Gasteiger partial charge in [0.05, 0.1) is 9.76 Å². The zero-order valence-electron chi connectivity index (χ0n) is 10.4. The molecule has 0 aliphatic rings. The summed E-state index contributed by atoms with van der Waals surface area (Å²) in [4.78, 5) is 16.4. The minimum atomic E-state index is -1.26. The van der Waals surface area contributed by atoms with Gasteiger partial charge in [-0.3, -0.25) is 0 Å². The summed E-state index contributed by atoms with van der Waals surface area (Å²) in [6.07, 6.45) is 1.55. The number of hydrogen-bond donors (Lipinski definition) is 0. The second-order valence-corrected chi connectivity index (χ2v) is 7.48. The van der Waals surface area contributed by atoms with E-state index in [1.54, 1.807) is 12.1 Å². The number of hydrogen-bond acceptors (Lipinski definition) is 6. The van der Waals surface area contributed by atoms with Crippen LogP contribution in [0.3, 0.4) is 0 Å². The molecule has 0 amide bonds. The van der Waals surface area contributed by atoms with E-state index in [4.69, 9.17) is 4.42 Å². The highest BCUT2D eigenvalue weighted by Crippen LogP contribution is 2.32. The number of carboxylic acids is 1. The Balaban J connectivity index is 1.91. The number of halogens is 1. The lowest BCUT2D eigenvalue weighted by Gasteiger charge is -2.04. The topological polar surface area (TPSA) is 66.2 Å². The molecule has 7 heteroatoms. The summed E-state index contributed by atoms with van der Waals surface area (Å²) in [6, 6.07) is 10.9. The summed E-state index contributed by atoms with van der Waals surface area (Å²) < 4.78 is 6.43. The number of thioether (sulfide) groups is 1. The fraction of sp³-hybridized carbons (Fsp3) is 0. The minimum absolute atomic E-state index is 0.0518. The number of carboxylic acid groups (broad SMARTS) is 1. The molecule has 3 rings (SSSR count). The van der Waals surface area contributed by atoms with Crippen molar-refractivity contribution in [3.63, 3.8) is 0 Å². The summed E-state index contributed by atoms with van der Waals surface area (Å²) in [5.41, 5.74) is 1.31. The van der Waals surface area contributed by atoms with Crippen LogP contribution in [-0.2, 0) is 4.79 Å². The third-order valence-electron chi connectivity index (χ3n) is 2.54. The Labute approximate surface area is 136 Å². The average Bonchev–Trinajstić information content (AvgIpc) is 3.03. The Kier molecular flexibility index (Phi) is 4.14. The molecule has 1 aromatic carbocycles. The summed E-state index contributed by atoms with van der Waals surface area (Å²) in [6.45, 7) is 0. The Bertz CT molecular complexity index is 804. The SMILES string of the molecule is O=C([O-])/C(=C\c1ccc(Br)s1)Sc1nc2ccccc2o1. The van der Waals surface area contributed by atoms with Crippen molar-refractivity contribution in [2.45, 2.75) is 5.22 Å². The molecule has 4 nitrogen and oxygen atoms in total. The number of oxazole rings is 1. The van der Waals surface area contributed by atoms with Gasteiger partial charge in [0, 0.05) is 9.78 Å². The predicted octanol–water partition coefficient (Wildman–Crippen LogP) is 3.53. The molecule has 0 aliphatic heterocycles. The van der Waals surface area contributed by atoms with E-state index >= 15 is 0 Å². The van der Waals surface area contributed by atoms with Crippen molar-refractivity contribution >= 4 is 62.2 Å². The van der Waals surface area contributed by atoms with E-state index in [2.05, 4.69) is 20.9 Å². The number of carbonyl (C=O) groups excluding carboxylic acids is 1. The zero-order valence-corrected chi connectivity index (χ0v) is 13.6. The van der Waals surface area contributed by atoms with E-state index in [1.165, 1.54) is 11.3 Å². The number of nitrogens with zero attached hydrogens (tertiary/aromatic N) is 1. The lowest BCUT2D eigenvalue weighted by atomic mass is 10.3. The van der Waals surface area contributed by atoms with Gasteiger partial charge < -0.3 is 14.3 Å². The van der Waals surface area contributed by atoms with Gasteiger partial charge in [-0.25, -0.2) is 4.98 Å². The Morgan fingerprint density at radius 3 is 2.81 bits per heavy atom. The quantitative estimate of drug-likeness (QED) is 0.511. The Morgan fingerprint density at radius 2 is 2.14 bits per heavy atom. The summed E-state index contributed by atoms with van der Waals surface area (Å²) in [5.74, 6) is -1.26. The normalized spacial score (nSPS) is 12.0. The number of para-hydroxylation sites is 2. The van der Waals surface area contributed by atoms with Crippen LogP contribution in [0.5, 0.6) is 0 Å². The standard InChI is InChI=1S/C14H8BrNO3S2/c15-12-6-5-8(20-12)7-11(13(17)18)21-14-16-9-3-1-2-4-10(9)19-14/h1-7H,(H,17,18)/p-1/b11-7+. The van der Waals surface area contributed by atoms with Crippen molar-refractivity contribution in [3.8, 4) is 0 Å². The van der Waals surface area contributed by atoms with E-state index in [0.717, 1.165) is 20.4 Å². The maximum absolute atomic E-state index is 11.3. The summed E-state index contributed by atoms with van der Waals surface area (Å²) >= 11 is 5.71. The monoisotopic (exact) mass is 380 g/mol. The highest BCUT2D eigenvalue weighted by atomic mass is 79.9. The van der Waals surface area contributed by atoms with Crippen LogP contribution in [0.1, 0.15) is 4.88 Å². The molecule has 0 fully saturated rings. The number of thiophene rings is 1. The molecular weight excluding hydrogens is 374 g/mol. The first-order valence-corrected chi connectivity index (χ1v) is 8.26. The third-order valence-corrected chi connectivity index (χ3v) is 4.96. The van der Waals surface area contributed by atoms with Gasteiger partial charge in [0.15, 0.2) is 5.58 Å². The van der Waals surface area contributed by atoms with E-state index in [9.17, 15) is 9.90 Å². The number of aliphatic carboxylic acids is 1. The predicted molar refractivity (Wildman–Crippen MR) is 84.9 cm³/mol. The molecule has 0 saturated carbocycles. The smallest absolute Gasteiger partial charge is 0.261 e. The van der Waals surface area contributed by atoms with Crippen molar-refractivity contribution < 1.29 is 14.3 Å². The number of aromatic nitrogens is 1. The molecule has 0 radical (unpaired) electrons. The molecule has 0 saturated heterocycles. The molecule has 2 heterocycles. The molecule has 2 aromatic heterocycles. The van der Waals surface area contributed by atoms with Gasteiger partial charge in [-0.05, 0) is 58.0 Å². The summed E-state index contributed by atoms with van der Waals surface area (Å²) in [5, 5.41) is 11.5. The van der Waals surface area contributed by atoms with Crippen molar-refractivity contribution in [1.82, 2.24) is 4.98 Å². The van der Waals surface area contributed by atoms with Gasteiger partial charge in [-0.1, -0.05) is 12.1 Å². The highest BCUT2D eigenvalue weighted by molar-refractivity contribution is 9.11. The molecule has 0 atom stereocenters. The number of fused-ring (bicyclic) bond motifs is 1. The fourth-order valence-corrected chi connectivity index (χ4v) is 3.83. The van der Waals surface area contributed by atoms with Gasteiger partial charge in [-0.2, -0.15) is 0 Å². The Hall–Kier alpha value is -1.57. The molecule has 0 unspecified atom stereocenters. The van der Waals surface area contributed by atoms with Crippen LogP contribution in [0.25, 0.3) is 17.2 Å². The Morgan fingerprint density at radius 1 is 1.33 bits per heavy atom. The second kappa shape index (κ2) is 6.05. The molecule has 0 N–H and O–H groups in total. The molecule has 106 valence electrons. The second-order valence-electron chi connectivity index (χ2n) is 3.99. The van der Waals surface area contributed by atoms with Crippen molar-refractivity contribution in [2.75, 3.05) is 0 Å². The summed E-state index contributed by atoms with van der Waals surface area (Å²) in [7, 11) is 0.